The van der Waals surface area contributed by atoms with Crippen molar-refractivity contribution in [1.82, 2.24) is 4.98 Å². The van der Waals surface area contributed by atoms with Crippen LogP contribution in [0.1, 0.15) is 18.4 Å². The quantitative estimate of drug-likeness (QED) is 0.649. The van der Waals surface area contributed by atoms with Crippen molar-refractivity contribution < 1.29 is 0 Å². The Labute approximate surface area is 84.1 Å². The van der Waals surface area contributed by atoms with Crippen molar-refractivity contribution in [2.24, 2.45) is 0 Å². The third-order valence-corrected chi connectivity index (χ3v) is 2.54. The molecule has 0 fully saturated rings. The lowest BCUT2D eigenvalue weighted by molar-refractivity contribution is 0.971. The molecule has 1 heteroatoms. The maximum Gasteiger partial charge on any atom is 0.0346 e. The normalized spacial score (nSPS) is 12.6. The summed E-state index contributed by atoms with van der Waals surface area (Å²) in [5.41, 5.74) is 1.25. The van der Waals surface area contributed by atoms with E-state index in [0.717, 1.165) is 0 Å². The monoisotopic (exact) mass is 183 g/mol. The zero-order chi connectivity index (χ0) is 9.97. The van der Waals surface area contributed by atoms with Crippen LogP contribution >= 0.6 is 0 Å². The van der Waals surface area contributed by atoms with Gasteiger partial charge in [-0.3, -0.25) is 4.98 Å². The van der Waals surface area contributed by atoms with Crippen LogP contribution in [0.15, 0.2) is 49.3 Å². The topological polar surface area (TPSA) is 12.9 Å². The summed E-state index contributed by atoms with van der Waals surface area (Å²) in [6.07, 6.45) is 5.77. The minimum absolute atomic E-state index is 0.355. The molecular weight excluding hydrogens is 170 g/mol. The van der Waals surface area contributed by atoms with E-state index in [0.29, 0.717) is 5.92 Å². The first-order chi connectivity index (χ1) is 6.83. The van der Waals surface area contributed by atoms with E-state index in [9.17, 15) is 0 Å². The lowest BCUT2D eigenvalue weighted by atomic mass is 9.97. The molecule has 0 amide bonds. The molecule has 0 aliphatic heterocycles. The summed E-state index contributed by atoms with van der Waals surface area (Å²) in [4.78, 5) is 4.23. The number of benzene rings is 1. The summed E-state index contributed by atoms with van der Waals surface area (Å²) >= 11 is 0. The van der Waals surface area contributed by atoms with Gasteiger partial charge in [0.05, 0.1) is 0 Å². The van der Waals surface area contributed by atoms with E-state index in [1.54, 1.807) is 0 Å². The molecule has 0 radical (unpaired) electrons. The molecule has 1 heterocycles. The van der Waals surface area contributed by atoms with Crippen LogP contribution in [-0.4, -0.2) is 4.98 Å². The average Bonchev–Trinajstić information content (AvgIpc) is 2.27. The summed E-state index contributed by atoms with van der Waals surface area (Å²) in [6.45, 7) is 5.95. The predicted octanol–water partition coefficient (Wildman–Crippen LogP) is 3.52. The largest absolute Gasteiger partial charge is 0.264 e. The van der Waals surface area contributed by atoms with E-state index < -0.39 is 0 Å². The summed E-state index contributed by atoms with van der Waals surface area (Å²) in [5.74, 6) is 0.355. The first-order valence-corrected chi connectivity index (χ1v) is 4.78. The first-order valence-electron chi connectivity index (χ1n) is 4.78. The Morgan fingerprint density at radius 3 is 2.86 bits per heavy atom. The number of pyridine rings is 1. The summed E-state index contributed by atoms with van der Waals surface area (Å²) in [5, 5.41) is 2.47. The van der Waals surface area contributed by atoms with Crippen LogP contribution in [0.2, 0.25) is 0 Å². The Morgan fingerprint density at radius 2 is 2.07 bits per heavy atom. The van der Waals surface area contributed by atoms with Crippen molar-refractivity contribution >= 4 is 10.8 Å². The third kappa shape index (κ3) is 1.41. The van der Waals surface area contributed by atoms with Gasteiger partial charge in [-0.25, -0.2) is 0 Å². The summed E-state index contributed by atoms with van der Waals surface area (Å²) < 4.78 is 0. The number of fused-ring (bicyclic) bond motifs is 1. The molecule has 70 valence electrons. The van der Waals surface area contributed by atoms with Crippen LogP contribution in [-0.2, 0) is 0 Å². The molecule has 0 saturated heterocycles. The zero-order valence-electron chi connectivity index (χ0n) is 8.27. The molecule has 1 aromatic carbocycles. The van der Waals surface area contributed by atoms with Crippen molar-refractivity contribution in [3.8, 4) is 0 Å². The van der Waals surface area contributed by atoms with Crippen molar-refractivity contribution in [1.29, 1.82) is 0 Å². The Kier molecular flexibility index (Phi) is 2.32. The maximum absolute atomic E-state index is 4.23. The highest BCUT2D eigenvalue weighted by Gasteiger charge is 2.05. The van der Waals surface area contributed by atoms with Crippen LogP contribution in [0.3, 0.4) is 0 Å². The van der Waals surface area contributed by atoms with Gasteiger partial charge in [0.2, 0.25) is 0 Å². The molecule has 2 aromatic rings. The standard InChI is InChI=1S/C13H13N/c1-3-10(2)13-9-14-8-11-6-4-5-7-12(11)13/h3-10H,1H2,2H3. The molecule has 1 aromatic heterocycles. The van der Waals surface area contributed by atoms with Crippen molar-refractivity contribution in [3.63, 3.8) is 0 Å². The fraction of sp³-hybridized carbons (Fsp3) is 0.154. The Bertz CT molecular complexity index is 454. The highest BCUT2D eigenvalue weighted by Crippen LogP contribution is 2.24. The van der Waals surface area contributed by atoms with E-state index >= 15 is 0 Å². The van der Waals surface area contributed by atoms with Gasteiger partial charge in [-0.05, 0) is 10.9 Å². The highest BCUT2D eigenvalue weighted by molar-refractivity contribution is 5.85. The first kappa shape index (κ1) is 8.95. The Balaban J connectivity index is 2.70. The number of hydrogen-bond acceptors (Lipinski definition) is 1. The predicted molar refractivity (Wildman–Crippen MR) is 60.4 cm³/mol. The van der Waals surface area contributed by atoms with E-state index in [4.69, 9.17) is 0 Å². The number of allylic oxidation sites excluding steroid dienone is 1. The van der Waals surface area contributed by atoms with Crippen LogP contribution in [0.5, 0.6) is 0 Å². The van der Waals surface area contributed by atoms with Gasteiger partial charge in [0.15, 0.2) is 0 Å². The van der Waals surface area contributed by atoms with Crippen LogP contribution in [0, 0.1) is 0 Å². The van der Waals surface area contributed by atoms with Gasteiger partial charge in [0.1, 0.15) is 0 Å². The minimum Gasteiger partial charge on any atom is -0.264 e. The van der Waals surface area contributed by atoms with E-state index in [1.807, 2.05) is 24.5 Å². The van der Waals surface area contributed by atoms with Gasteiger partial charge in [0.25, 0.3) is 0 Å². The van der Waals surface area contributed by atoms with Gasteiger partial charge < -0.3 is 0 Å². The maximum atomic E-state index is 4.23. The van der Waals surface area contributed by atoms with Gasteiger partial charge >= 0.3 is 0 Å². The molecule has 1 nitrogen and oxygen atoms in total. The van der Waals surface area contributed by atoms with Gasteiger partial charge in [-0.15, -0.1) is 6.58 Å². The van der Waals surface area contributed by atoms with Crippen molar-refractivity contribution in [2.75, 3.05) is 0 Å². The van der Waals surface area contributed by atoms with Crippen LogP contribution in [0.4, 0.5) is 0 Å². The summed E-state index contributed by atoms with van der Waals surface area (Å²) in [6, 6.07) is 8.31. The Hall–Kier alpha value is -1.63. The molecule has 0 spiro atoms. The number of nitrogens with zero attached hydrogens (tertiary/aromatic N) is 1. The van der Waals surface area contributed by atoms with Gasteiger partial charge in [0, 0.05) is 23.7 Å². The van der Waals surface area contributed by atoms with Crippen molar-refractivity contribution in [3.05, 3.63) is 54.9 Å². The molecule has 0 aliphatic rings. The smallest absolute Gasteiger partial charge is 0.0346 e. The van der Waals surface area contributed by atoms with Crippen LogP contribution in [0.25, 0.3) is 10.8 Å². The van der Waals surface area contributed by atoms with E-state index in [-0.39, 0.29) is 0 Å². The molecule has 0 N–H and O–H groups in total. The Morgan fingerprint density at radius 1 is 1.29 bits per heavy atom. The van der Waals surface area contributed by atoms with E-state index in [1.165, 1.54) is 16.3 Å². The molecule has 0 bridgehead atoms. The number of rotatable bonds is 2. The second-order valence-corrected chi connectivity index (χ2v) is 3.47. The van der Waals surface area contributed by atoms with Gasteiger partial charge in [-0.1, -0.05) is 37.3 Å². The fourth-order valence-electron chi connectivity index (χ4n) is 1.63. The SMILES string of the molecule is C=CC(C)c1cncc2ccccc12. The fourth-order valence-corrected chi connectivity index (χ4v) is 1.63. The molecule has 2 rings (SSSR count). The average molecular weight is 183 g/mol. The minimum atomic E-state index is 0.355. The molecule has 14 heavy (non-hydrogen) atoms. The molecule has 0 aliphatic carbocycles. The summed E-state index contributed by atoms with van der Waals surface area (Å²) in [7, 11) is 0. The van der Waals surface area contributed by atoms with Gasteiger partial charge in [-0.2, -0.15) is 0 Å². The zero-order valence-corrected chi connectivity index (χ0v) is 8.27. The second kappa shape index (κ2) is 3.62. The lowest BCUT2D eigenvalue weighted by Gasteiger charge is -2.09. The molecule has 0 saturated carbocycles. The number of aromatic nitrogens is 1. The van der Waals surface area contributed by atoms with Crippen LogP contribution < -0.4 is 0 Å². The molecular formula is C13H13N. The third-order valence-electron chi connectivity index (χ3n) is 2.54. The van der Waals surface area contributed by atoms with Crippen molar-refractivity contribution in [2.45, 2.75) is 12.8 Å². The molecule has 1 unspecified atom stereocenters. The van der Waals surface area contributed by atoms with E-state index in [2.05, 4.69) is 36.7 Å². The molecule has 1 atom stereocenters. The highest BCUT2D eigenvalue weighted by atomic mass is 14.6. The lowest BCUT2D eigenvalue weighted by Crippen LogP contribution is -1.91. The number of hydrogen-bond donors (Lipinski definition) is 0. The second-order valence-electron chi connectivity index (χ2n) is 3.47.